The summed E-state index contributed by atoms with van der Waals surface area (Å²) in [5, 5.41) is 1.18. The van der Waals surface area contributed by atoms with Gasteiger partial charge in [0.1, 0.15) is 10.7 Å². The highest BCUT2D eigenvalue weighted by Gasteiger charge is 2.19. The molecular formula is C20H14BrClN2OS. The van der Waals surface area contributed by atoms with Gasteiger partial charge in [0.2, 0.25) is 0 Å². The number of aryl methyl sites for hydroxylation is 2. The number of thiophene rings is 1. The smallest absolute Gasteiger partial charge is 0.260 e. The van der Waals surface area contributed by atoms with E-state index in [0.29, 0.717) is 21.1 Å². The van der Waals surface area contributed by atoms with E-state index in [1.165, 1.54) is 11.3 Å². The molecule has 130 valence electrons. The molecular weight excluding hydrogens is 432 g/mol. The van der Waals surface area contributed by atoms with Gasteiger partial charge in [0, 0.05) is 20.5 Å². The largest absolute Gasteiger partial charge is 0.306 e. The molecule has 2 aromatic heterocycles. The number of hydrogen-bond donors (Lipinski definition) is 1. The van der Waals surface area contributed by atoms with E-state index in [2.05, 4.69) is 32.0 Å². The molecule has 0 aliphatic heterocycles. The molecule has 2 heterocycles. The van der Waals surface area contributed by atoms with Crippen LogP contribution < -0.4 is 5.56 Å². The van der Waals surface area contributed by atoms with Crippen molar-refractivity contribution >= 4 is 49.1 Å². The zero-order valence-corrected chi connectivity index (χ0v) is 17.2. The van der Waals surface area contributed by atoms with Crippen LogP contribution in [0.4, 0.5) is 0 Å². The molecule has 0 fully saturated rings. The zero-order valence-electron chi connectivity index (χ0n) is 14.1. The van der Waals surface area contributed by atoms with Crippen LogP contribution >= 0.6 is 38.9 Å². The van der Waals surface area contributed by atoms with Gasteiger partial charge in [-0.1, -0.05) is 57.4 Å². The summed E-state index contributed by atoms with van der Waals surface area (Å²) >= 11 is 11.4. The van der Waals surface area contributed by atoms with Crippen molar-refractivity contribution in [2.24, 2.45) is 0 Å². The van der Waals surface area contributed by atoms with Crippen molar-refractivity contribution < 1.29 is 0 Å². The predicted octanol–water partition coefficient (Wildman–Crippen LogP) is 6.35. The predicted molar refractivity (Wildman–Crippen MR) is 113 cm³/mol. The van der Waals surface area contributed by atoms with Crippen LogP contribution in [-0.4, -0.2) is 9.97 Å². The Bertz CT molecular complexity index is 1210. The number of aromatic nitrogens is 2. The first-order valence-corrected chi connectivity index (χ1v) is 9.99. The maximum absolute atomic E-state index is 12.9. The molecule has 4 rings (SSSR count). The number of H-pyrrole nitrogens is 1. The highest BCUT2D eigenvalue weighted by Crippen LogP contribution is 2.40. The van der Waals surface area contributed by atoms with E-state index < -0.39 is 0 Å². The number of nitrogens with one attached hydrogen (secondary N) is 1. The van der Waals surface area contributed by atoms with E-state index in [0.717, 1.165) is 31.6 Å². The molecule has 0 bridgehead atoms. The lowest BCUT2D eigenvalue weighted by Crippen LogP contribution is -2.09. The Hall–Kier alpha value is -1.95. The van der Waals surface area contributed by atoms with Gasteiger partial charge in [-0.3, -0.25) is 4.79 Å². The monoisotopic (exact) mass is 444 g/mol. The lowest BCUT2D eigenvalue weighted by atomic mass is 10.0. The highest BCUT2D eigenvalue weighted by molar-refractivity contribution is 9.10. The Morgan fingerprint density at radius 2 is 1.88 bits per heavy atom. The van der Waals surface area contributed by atoms with Gasteiger partial charge in [0.25, 0.3) is 5.56 Å². The second-order valence-corrected chi connectivity index (χ2v) is 8.56. The van der Waals surface area contributed by atoms with Gasteiger partial charge in [-0.2, -0.15) is 0 Å². The van der Waals surface area contributed by atoms with Crippen LogP contribution in [0.1, 0.15) is 10.4 Å². The van der Waals surface area contributed by atoms with Gasteiger partial charge in [-0.05, 0) is 37.6 Å². The minimum atomic E-state index is -0.155. The molecule has 0 saturated heterocycles. The quantitative estimate of drug-likeness (QED) is 0.390. The number of rotatable bonds is 2. The van der Waals surface area contributed by atoms with E-state index >= 15 is 0 Å². The van der Waals surface area contributed by atoms with E-state index in [1.807, 2.05) is 44.2 Å². The van der Waals surface area contributed by atoms with Crippen LogP contribution in [0.3, 0.4) is 0 Å². The molecule has 26 heavy (non-hydrogen) atoms. The Labute approximate surface area is 167 Å². The van der Waals surface area contributed by atoms with Crippen LogP contribution in [0.5, 0.6) is 0 Å². The third-order valence-electron chi connectivity index (χ3n) is 4.26. The van der Waals surface area contributed by atoms with Gasteiger partial charge in [0.15, 0.2) is 0 Å². The molecule has 3 nitrogen and oxygen atoms in total. The number of aromatic amines is 1. The van der Waals surface area contributed by atoms with E-state index in [4.69, 9.17) is 11.6 Å². The maximum Gasteiger partial charge on any atom is 0.260 e. The topological polar surface area (TPSA) is 45.8 Å². The molecule has 6 heteroatoms. The van der Waals surface area contributed by atoms with Gasteiger partial charge >= 0.3 is 0 Å². The molecule has 0 amide bonds. The average Bonchev–Trinajstić information content (AvgIpc) is 2.94. The summed E-state index contributed by atoms with van der Waals surface area (Å²) in [6, 6.07) is 13.5. The highest BCUT2D eigenvalue weighted by atomic mass is 79.9. The first kappa shape index (κ1) is 17.5. The van der Waals surface area contributed by atoms with Crippen LogP contribution in [0.2, 0.25) is 5.02 Å². The number of halogens is 2. The summed E-state index contributed by atoms with van der Waals surface area (Å²) in [5.74, 6) is 0.490. The summed E-state index contributed by atoms with van der Waals surface area (Å²) in [4.78, 5) is 22.3. The number of benzene rings is 2. The van der Waals surface area contributed by atoms with Crippen LogP contribution in [0.25, 0.3) is 32.7 Å². The summed E-state index contributed by atoms with van der Waals surface area (Å²) in [5.41, 5.74) is 3.64. The molecule has 0 spiro atoms. The van der Waals surface area contributed by atoms with Crippen molar-refractivity contribution in [2.45, 2.75) is 13.8 Å². The molecule has 0 radical (unpaired) electrons. The first-order chi connectivity index (χ1) is 12.5. The van der Waals surface area contributed by atoms with Crippen molar-refractivity contribution in [3.63, 3.8) is 0 Å². The Balaban J connectivity index is 2.01. The standard InChI is InChI=1S/C20H14BrClN2OS/c1-10-7-8-14(21)13(9-10)16-11(2)26-20-17(16)19(25)23-18(24-20)12-5-3-4-6-15(12)22/h3-9H,1-2H3,(H,23,24,25). The van der Waals surface area contributed by atoms with Gasteiger partial charge in [-0.25, -0.2) is 4.98 Å². The second-order valence-electron chi connectivity index (χ2n) is 6.09. The lowest BCUT2D eigenvalue weighted by Gasteiger charge is -2.07. The van der Waals surface area contributed by atoms with E-state index in [9.17, 15) is 4.79 Å². The summed E-state index contributed by atoms with van der Waals surface area (Å²) < 4.78 is 0.959. The Kier molecular flexibility index (Phi) is 4.47. The number of nitrogens with zero attached hydrogens (tertiary/aromatic N) is 1. The molecule has 1 N–H and O–H groups in total. The summed E-state index contributed by atoms with van der Waals surface area (Å²) in [7, 11) is 0. The van der Waals surface area contributed by atoms with Gasteiger partial charge in [-0.15, -0.1) is 11.3 Å². The summed E-state index contributed by atoms with van der Waals surface area (Å²) in [6.07, 6.45) is 0. The van der Waals surface area contributed by atoms with Crippen LogP contribution in [0, 0.1) is 13.8 Å². The van der Waals surface area contributed by atoms with Gasteiger partial charge < -0.3 is 4.98 Å². The number of hydrogen-bond acceptors (Lipinski definition) is 3. The van der Waals surface area contributed by atoms with Crippen LogP contribution in [-0.2, 0) is 0 Å². The van der Waals surface area contributed by atoms with Crippen LogP contribution in [0.15, 0.2) is 51.7 Å². The normalized spacial score (nSPS) is 11.2. The van der Waals surface area contributed by atoms with Crippen molar-refractivity contribution in [3.8, 4) is 22.5 Å². The summed E-state index contributed by atoms with van der Waals surface area (Å²) in [6.45, 7) is 4.06. The Morgan fingerprint density at radius 1 is 1.12 bits per heavy atom. The third-order valence-corrected chi connectivity index (χ3v) is 6.28. The van der Waals surface area contributed by atoms with Crippen molar-refractivity contribution in [3.05, 3.63) is 72.8 Å². The fourth-order valence-electron chi connectivity index (χ4n) is 3.05. The zero-order chi connectivity index (χ0) is 18.4. The Morgan fingerprint density at radius 3 is 2.65 bits per heavy atom. The van der Waals surface area contributed by atoms with Gasteiger partial charge in [0.05, 0.1) is 10.4 Å². The number of fused-ring (bicyclic) bond motifs is 1. The molecule has 0 atom stereocenters. The van der Waals surface area contributed by atoms with Crippen molar-refractivity contribution in [1.82, 2.24) is 9.97 Å². The fraction of sp³-hybridized carbons (Fsp3) is 0.100. The minimum Gasteiger partial charge on any atom is -0.306 e. The third kappa shape index (κ3) is 2.90. The SMILES string of the molecule is Cc1ccc(Br)c(-c2c(C)sc3nc(-c4ccccc4Cl)[nH]c(=O)c23)c1. The fourth-order valence-corrected chi connectivity index (χ4v) is 4.76. The molecule has 0 aliphatic carbocycles. The molecule has 4 aromatic rings. The lowest BCUT2D eigenvalue weighted by molar-refractivity contribution is 1.19. The average molecular weight is 446 g/mol. The van der Waals surface area contributed by atoms with E-state index in [-0.39, 0.29) is 5.56 Å². The molecule has 0 saturated carbocycles. The second kappa shape index (κ2) is 6.65. The molecule has 2 aromatic carbocycles. The minimum absolute atomic E-state index is 0.155. The van der Waals surface area contributed by atoms with Crippen molar-refractivity contribution in [1.29, 1.82) is 0 Å². The molecule has 0 aliphatic rings. The van der Waals surface area contributed by atoms with E-state index in [1.54, 1.807) is 6.07 Å². The molecule has 0 unspecified atom stereocenters. The maximum atomic E-state index is 12.9. The van der Waals surface area contributed by atoms with Crippen molar-refractivity contribution in [2.75, 3.05) is 0 Å². The first-order valence-electron chi connectivity index (χ1n) is 8.00.